The molecule has 0 spiro atoms. The van der Waals surface area contributed by atoms with Crippen LogP contribution in [0.5, 0.6) is 0 Å². The monoisotopic (exact) mass is 257 g/mol. The average molecular weight is 259 g/mol. The standard InChI is InChI=1S/C9H5BrClNO/c1-5(13)9-6(4-12)2-7(11)3-8(9)10/h2-3H,1H3. The Hall–Kier alpha value is -0.850. The molecule has 13 heavy (non-hydrogen) atoms. The Morgan fingerprint density at radius 3 is 2.69 bits per heavy atom. The van der Waals surface area contributed by atoms with Crippen molar-refractivity contribution >= 4 is 33.3 Å². The Labute approximate surface area is 89.3 Å². The van der Waals surface area contributed by atoms with Crippen LogP contribution >= 0.6 is 27.5 Å². The molecule has 2 nitrogen and oxygen atoms in total. The van der Waals surface area contributed by atoms with Gasteiger partial charge < -0.3 is 0 Å². The summed E-state index contributed by atoms with van der Waals surface area (Å²) in [6, 6.07) is 4.99. The van der Waals surface area contributed by atoms with Crippen LogP contribution in [0.3, 0.4) is 0 Å². The minimum Gasteiger partial charge on any atom is -0.294 e. The number of rotatable bonds is 1. The minimum atomic E-state index is -0.153. The molecule has 1 rings (SSSR count). The summed E-state index contributed by atoms with van der Waals surface area (Å²) in [6.07, 6.45) is 0. The van der Waals surface area contributed by atoms with Gasteiger partial charge in [-0.3, -0.25) is 4.79 Å². The molecule has 0 unspecified atom stereocenters. The van der Waals surface area contributed by atoms with E-state index in [0.29, 0.717) is 20.6 Å². The minimum absolute atomic E-state index is 0.153. The number of nitrogens with zero attached hydrogens (tertiary/aromatic N) is 1. The van der Waals surface area contributed by atoms with E-state index in [1.807, 2.05) is 6.07 Å². The summed E-state index contributed by atoms with van der Waals surface area (Å²) >= 11 is 8.90. The van der Waals surface area contributed by atoms with Gasteiger partial charge in [0.25, 0.3) is 0 Å². The lowest BCUT2D eigenvalue weighted by Gasteiger charge is -2.02. The Morgan fingerprint density at radius 2 is 2.23 bits per heavy atom. The van der Waals surface area contributed by atoms with E-state index in [9.17, 15) is 4.79 Å². The lowest BCUT2D eigenvalue weighted by molar-refractivity contribution is 0.101. The number of carbonyl (C=O) groups excluding carboxylic acids is 1. The highest BCUT2D eigenvalue weighted by Gasteiger charge is 2.12. The molecule has 0 saturated carbocycles. The molecule has 0 heterocycles. The highest BCUT2D eigenvalue weighted by Crippen LogP contribution is 2.25. The second kappa shape index (κ2) is 3.91. The number of ketones is 1. The summed E-state index contributed by atoms with van der Waals surface area (Å²) in [4.78, 5) is 11.1. The zero-order valence-corrected chi connectivity index (χ0v) is 9.11. The van der Waals surface area contributed by atoms with Crippen LogP contribution in [0, 0.1) is 11.3 Å². The van der Waals surface area contributed by atoms with E-state index in [1.165, 1.54) is 13.0 Å². The van der Waals surface area contributed by atoms with E-state index >= 15 is 0 Å². The molecule has 0 aliphatic rings. The molecule has 4 heteroatoms. The lowest BCUT2D eigenvalue weighted by Crippen LogP contribution is -1.98. The molecule has 0 aliphatic heterocycles. The number of benzene rings is 1. The normalized spacial score (nSPS) is 9.38. The number of carbonyl (C=O) groups is 1. The molecule has 0 aliphatic carbocycles. The van der Waals surface area contributed by atoms with E-state index in [0.717, 1.165) is 0 Å². The van der Waals surface area contributed by atoms with Crippen LogP contribution in [0.2, 0.25) is 5.02 Å². The van der Waals surface area contributed by atoms with Crippen molar-refractivity contribution in [1.29, 1.82) is 5.26 Å². The van der Waals surface area contributed by atoms with Gasteiger partial charge in [-0.05, 0) is 35.0 Å². The number of hydrogen-bond donors (Lipinski definition) is 0. The fourth-order valence-electron chi connectivity index (χ4n) is 1.02. The Balaban J connectivity index is 3.50. The van der Waals surface area contributed by atoms with Crippen molar-refractivity contribution in [1.82, 2.24) is 0 Å². The predicted molar refractivity (Wildman–Crippen MR) is 53.9 cm³/mol. The van der Waals surface area contributed by atoms with Crippen molar-refractivity contribution in [3.05, 3.63) is 32.8 Å². The van der Waals surface area contributed by atoms with Gasteiger partial charge in [0.05, 0.1) is 11.6 Å². The summed E-state index contributed by atoms with van der Waals surface area (Å²) in [7, 11) is 0. The molecule has 0 saturated heterocycles. The summed E-state index contributed by atoms with van der Waals surface area (Å²) < 4.78 is 0.559. The summed E-state index contributed by atoms with van der Waals surface area (Å²) in [5.41, 5.74) is 0.679. The quantitative estimate of drug-likeness (QED) is 0.726. The van der Waals surface area contributed by atoms with Gasteiger partial charge in [0, 0.05) is 15.1 Å². The largest absolute Gasteiger partial charge is 0.294 e. The van der Waals surface area contributed by atoms with Crippen LogP contribution in [0.15, 0.2) is 16.6 Å². The maximum atomic E-state index is 11.1. The van der Waals surface area contributed by atoms with Crippen LogP contribution in [0.25, 0.3) is 0 Å². The van der Waals surface area contributed by atoms with Crippen molar-refractivity contribution < 1.29 is 4.79 Å². The molecule has 1 aromatic carbocycles. The van der Waals surface area contributed by atoms with Crippen LogP contribution < -0.4 is 0 Å². The van der Waals surface area contributed by atoms with Crippen LogP contribution in [0.1, 0.15) is 22.8 Å². The highest BCUT2D eigenvalue weighted by atomic mass is 79.9. The van der Waals surface area contributed by atoms with E-state index in [1.54, 1.807) is 6.07 Å². The highest BCUT2D eigenvalue weighted by molar-refractivity contribution is 9.10. The summed E-state index contributed by atoms with van der Waals surface area (Å²) in [5.74, 6) is -0.153. The zero-order chi connectivity index (χ0) is 10.0. The number of halogens is 2. The van der Waals surface area contributed by atoms with Crippen LogP contribution in [0.4, 0.5) is 0 Å². The topological polar surface area (TPSA) is 40.9 Å². The van der Waals surface area contributed by atoms with Gasteiger partial charge in [0.15, 0.2) is 5.78 Å². The maximum Gasteiger partial charge on any atom is 0.162 e. The van der Waals surface area contributed by atoms with E-state index in [-0.39, 0.29) is 5.78 Å². The van der Waals surface area contributed by atoms with Gasteiger partial charge in [-0.1, -0.05) is 11.6 Å². The molecule has 0 amide bonds. The first-order valence-electron chi connectivity index (χ1n) is 3.46. The molecule has 1 aromatic rings. The molecule has 0 bridgehead atoms. The SMILES string of the molecule is CC(=O)c1c(Br)cc(Cl)cc1C#N. The Kier molecular flexibility index (Phi) is 3.07. The third-order valence-electron chi connectivity index (χ3n) is 1.53. The van der Waals surface area contributed by atoms with Crippen molar-refractivity contribution in [2.24, 2.45) is 0 Å². The van der Waals surface area contributed by atoms with Gasteiger partial charge in [0.1, 0.15) is 0 Å². The van der Waals surface area contributed by atoms with Gasteiger partial charge in [-0.15, -0.1) is 0 Å². The molecule has 0 aromatic heterocycles. The molecular weight excluding hydrogens is 253 g/mol. The van der Waals surface area contributed by atoms with Crippen LogP contribution in [-0.4, -0.2) is 5.78 Å². The molecule has 0 atom stereocenters. The second-order valence-corrected chi connectivity index (χ2v) is 3.77. The Bertz CT molecular complexity index is 409. The predicted octanol–water partition coefficient (Wildman–Crippen LogP) is 3.18. The van der Waals surface area contributed by atoms with E-state index < -0.39 is 0 Å². The van der Waals surface area contributed by atoms with Gasteiger partial charge >= 0.3 is 0 Å². The second-order valence-electron chi connectivity index (χ2n) is 2.48. The molecule has 66 valence electrons. The molecule has 0 N–H and O–H groups in total. The number of nitriles is 1. The first-order valence-corrected chi connectivity index (χ1v) is 4.63. The van der Waals surface area contributed by atoms with Crippen molar-refractivity contribution in [2.45, 2.75) is 6.92 Å². The van der Waals surface area contributed by atoms with Gasteiger partial charge in [-0.25, -0.2) is 0 Å². The smallest absolute Gasteiger partial charge is 0.162 e. The first-order chi connectivity index (χ1) is 6.06. The van der Waals surface area contributed by atoms with Gasteiger partial charge in [-0.2, -0.15) is 5.26 Å². The van der Waals surface area contributed by atoms with Crippen LogP contribution in [-0.2, 0) is 0 Å². The lowest BCUT2D eigenvalue weighted by atomic mass is 10.1. The van der Waals surface area contributed by atoms with Crippen molar-refractivity contribution in [3.8, 4) is 6.07 Å². The van der Waals surface area contributed by atoms with E-state index in [2.05, 4.69) is 15.9 Å². The fourth-order valence-corrected chi connectivity index (χ4v) is 2.11. The average Bonchev–Trinajstić information content (AvgIpc) is 2.01. The summed E-state index contributed by atoms with van der Waals surface area (Å²) in [5, 5.41) is 9.17. The first kappa shape index (κ1) is 10.2. The van der Waals surface area contributed by atoms with Crippen molar-refractivity contribution in [2.75, 3.05) is 0 Å². The maximum absolute atomic E-state index is 11.1. The fraction of sp³-hybridized carbons (Fsp3) is 0.111. The Morgan fingerprint density at radius 1 is 1.62 bits per heavy atom. The van der Waals surface area contributed by atoms with Crippen molar-refractivity contribution in [3.63, 3.8) is 0 Å². The third kappa shape index (κ3) is 2.09. The number of Topliss-reactive ketones (excluding diaryl/α,β-unsaturated/α-hetero) is 1. The summed E-state index contributed by atoms with van der Waals surface area (Å²) in [6.45, 7) is 1.41. The van der Waals surface area contributed by atoms with E-state index in [4.69, 9.17) is 16.9 Å². The molecule has 0 radical (unpaired) electrons. The van der Waals surface area contributed by atoms with Gasteiger partial charge in [0.2, 0.25) is 0 Å². The third-order valence-corrected chi connectivity index (χ3v) is 2.37. The molecule has 0 fully saturated rings. The number of hydrogen-bond acceptors (Lipinski definition) is 2. The molecular formula is C9H5BrClNO. The zero-order valence-electron chi connectivity index (χ0n) is 6.77.